The minimum atomic E-state index is -0.399. The largest absolute Gasteiger partial charge is 0.486 e. The van der Waals surface area contributed by atoms with E-state index in [9.17, 15) is 5.26 Å². The number of nitrogens with zero attached hydrogens (tertiary/aromatic N) is 6. The molecule has 0 unspecified atom stereocenters. The molecule has 206 valence electrons. The number of aromatic nitrogens is 4. The van der Waals surface area contributed by atoms with E-state index in [0.29, 0.717) is 38.4 Å². The fraction of sp³-hybridized carbons (Fsp3) is 0.379. The Bertz CT molecular complexity index is 1620. The van der Waals surface area contributed by atoms with Gasteiger partial charge in [-0.15, -0.1) is 0 Å². The average Bonchev–Trinajstić information content (AvgIpc) is 3.32. The first kappa shape index (κ1) is 26.8. The standard InChI is InChI=1S/C29H29Cl2N7O2/c1-17(25-22(30)11-33-12-23(25)31)40-20-5-6-24-21(8-20)26(36-35-24)19-7-18(9-32)27(34-10-19)37-13-28(2,14-37)38-15-29(3,16-38)39-4/h5-8,10-12,17H,13-16H2,1-4H3,(H,35,36)/t17-/m1/s1. The van der Waals surface area contributed by atoms with Gasteiger partial charge in [0.25, 0.3) is 0 Å². The van der Waals surface area contributed by atoms with Crippen LogP contribution in [0, 0.1) is 11.3 Å². The highest BCUT2D eigenvalue weighted by Crippen LogP contribution is 2.40. The molecule has 1 atom stereocenters. The summed E-state index contributed by atoms with van der Waals surface area (Å²) in [6.07, 6.45) is 4.47. The molecule has 11 heteroatoms. The topological polar surface area (TPSA) is 103 Å². The smallest absolute Gasteiger partial charge is 0.146 e. The molecule has 2 aliphatic rings. The molecular formula is C29H29Cl2N7O2. The Kier molecular flexibility index (Phi) is 6.62. The summed E-state index contributed by atoms with van der Waals surface area (Å²) in [7, 11) is 1.77. The van der Waals surface area contributed by atoms with Gasteiger partial charge in [0.15, 0.2) is 0 Å². The number of halogens is 2. The van der Waals surface area contributed by atoms with Gasteiger partial charge in [-0.05, 0) is 45.0 Å². The van der Waals surface area contributed by atoms with Crippen LogP contribution < -0.4 is 9.64 Å². The molecule has 0 radical (unpaired) electrons. The number of hydrogen-bond donors (Lipinski definition) is 1. The lowest BCUT2D eigenvalue weighted by Gasteiger charge is -2.62. The van der Waals surface area contributed by atoms with Crippen LogP contribution in [0.4, 0.5) is 5.82 Å². The number of nitriles is 1. The van der Waals surface area contributed by atoms with Gasteiger partial charge >= 0.3 is 0 Å². The lowest BCUT2D eigenvalue weighted by Crippen LogP contribution is -2.77. The Balaban J connectivity index is 1.22. The molecule has 2 fully saturated rings. The third-order valence-corrected chi connectivity index (χ3v) is 8.68. The number of pyridine rings is 2. The Morgan fingerprint density at radius 1 is 1.07 bits per heavy atom. The van der Waals surface area contributed by atoms with E-state index in [-0.39, 0.29) is 11.1 Å². The summed E-state index contributed by atoms with van der Waals surface area (Å²) in [5.74, 6) is 1.33. The van der Waals surface area contributed by atoms with Crippen LogP contribution >= 0.6 is 23.2 Å². The van der Waals surface area contributed by atoms with E-state index in [1.807, 2.05) is 31.2 Å². The van der Waals surface area contributed by atoms with Crippen molar-refractivity contribution >= 4 is 39.9 Å². The highest BCUT2D eigenvalue weighted by atomic mass is 35.5. The number of nitrogens with one attached hydrogen (secondary N) is 1. The zero-order chi connectivity index (χ0) is 28.2. The zero-order valence-corrected chi connectivity index (χ0v) is 24.2. The minimum Gasteiger partial charge on any atom is -0.486 e. The van der Waals surface area contributed by atoms with Gasteiger partial charge in [-0.2, -0.15) is 10.4 Å². The van der Waals surface area contributed by atoms with Crippen molar-refractivity contribution in [3.05, 3.63) is 64.0 Å². The summed E-state index contributed by atoms with van der Waals surface area (Å²) >= 11 is 12.6. The van der Waals surface area contributed by atoms with Crippen LogP contribution in [-0.2, 0) is 4.74 Å². The number of fused-ring (bicyclic) bond motifs is 1. The second-order valence-electron chi connectivity index (χ2n) is 11.1. The first-order chi connectivity index (χ1) is 19.1. The number of anilines is 1. The van der Waals surface area contributed by atoms with Gasteiger partial charge in [-0.25, -0.2) is 4.98 Å². The second kappa shape index (κ2) is 9.89. The van der Waals surface area contributed by atoms with Gasteiger partial charge in [0.05, 0.1) is 32.3 Å². The average molecular weight is 579 g/mol. The normalized spacial score (nSPS) is 18.6. The van der Waals surface area contributed by atoms with Crippen molar-refractivity contribution in [3.8, 4) is 23.1 Å². The Morgan fingerprint density at radius 3 is 2.48 bits per heavy atom. The first-order valence-corrected chi connectivity index (χ1v) is 13.8. The van der Waals surface area contributed by atoms with E-state index in [4.69, 9.17) is 37.7 Å². The number of benzene rings is 1. The Hall–Kier alpha value is -3.42. The van der Waals surface area contributed by atoms with Crippen molar-refractivity contribution in [3.63, 3.8) is 0 Å². The van der Waals surface area contributed by atoms with Crippen molar-refractivity contribution in [2.24, 2.45) is 0 Å². The highest BCUT2D eigenvalue weighted by Gasteiger charge is 2.53. The number of hydrogen-bond acceptors (Lipinski definition) is 8. The minimum absolute atomic E-state index is 0.0434. The molecule has 0 amide bonds. The molecule has 3 aromatic heterocycles. The predicted molar refractivity (Wildman–Crippen MR) is 155 cm³/mol. The number of aromatic amines is 1. The summed E-state index contributed by atoms with van der Waals surface area (Å²) in [4.78, 5) is 13.3. The lowest BCUT2D eigenvalue weighted by molar-refractivity contribution is -0.152. The SMILES string of the molecule is COC1(C)CN(C2(C)CN(c3ncc(-c4n[nH]c5ccc(O[C@H](C)c6c(Cl)cncc6Cl)cc45)cc3C#N)C2)C1. The second-order valence-corrected chi connectivity index (χ2v) is 11.9. The summed E-state index contributed by atoms with van der Waals surface area (Å²) in [5, 5.41) is 19.3. The fourth-order valence-corrected chi connectivity index (χ4v) is 6.35. The van der Waals surface area contributed by atoms with Gasteiger partial charge < -0.3 is 14.4 Å². The van der Waals surface area contributed by atoms with Crippen molar-refractivity contribution < 1.29 is 9.47 Å². The number of methoxy groups -OCH3 is 1. The molecule has 9 nitrogen and oxygen atoms in total. The maximum atomic E-state index is 10.00. The van der Waals surface area contributed by atoms with Crippen molar-refractivity contribution in [1.29, 1.82) is 5.26 Å². The molecule has 0 bridgehead atoms. The van der Waals surface area contributed by atoms with E-state index >= 15 is 0 Å². The Labute approximate surface area is 242 Å². The Morgan fingerprint density at radius 2 is 1.80 bits per heavy atom. The molecule has 0 aliphatic carbocycles. The van der Waals surface area contributed by atoms with Crippen LogP contribution in [0.2, 0.25) is 10.0 Å². The van der Waals surface area contributed by atoms with Crippen LogP contribution in [-0.4, -0.2) is 69.5 Å². The van der Waals surface area contributed by atoms with E-state index in [1.54, 1.807) is 25.7 Å². The molecule has 0 spiro atoms. The lowest BCUT2D eigenvalue weighted by atomic mass is 9.82. The molecule has 2 aliphatic heterocycles. The number of likely N-dealkylation sites (tertiary alicyclic amines) is 1. The number of H-pyrrole nitrogens is 1. The highest BCUT2D eigenvalue weighted by molar-refractivity contribution is 6.35. The molecule has 4 aromatic rings. The van der Waals surface area contributed by atoms with Gasteiger partial charge in [0.1, 0.15) is 29.4 Å². The first-order valence-electron chi connectivity index (χ1n) is 13.0. The fourth-order valence-electron chi connectivity index (χ4n) is 5.68. The summed E-state index contributed by atoms with van der Waals surface area (Å²) in [6.45, 7) is 9.71. The van der Waals surface area contributed by atoms with E-state index in [1.165, 1.54) is 0 Å². The van der Waals surface area contributed by atoms with Crippen LogP contribution in [0.5, 0.6) is 5.75 Å². The van der Waals surface area contributed by atoms with Crippen molar-refractivity contribution in [2.75, 3.05) is 38.2 Å². The zero-order valence-electron chi connectivity index (χ0n) is 22.7. The van der Waals surface area contributed by atoms with E-state index in [0.717, 1.165) is 42.6 Å². The van der Waals surface area contributed by atoms with E-state index in [2.05, 4.69) is 44.9 Å². The van der Waals surface area contributed by atoms with E-state index < -0.39 is 6.10 Å². The van der Waals surface area contributed by atoms with Crippen LogP contribution in [0.25, 0.3) is 22.2 Å². The van der Waals surface area contributed by atoms with Gasteiger partial charge in [-0.1, -0.05) is 23.2 Å². The number of ether oxygens (including phenoxy) is 2. The molecule has 6 rings (SSSR count). The van der Waals surface area contributed by atoms with Crippen LogP contribution in [0.1, 0.15) is 38.0 Å². The maximum Gasteiger partial charge on any atom is 0.146 e. The summed E-state index contributed by atoms with van der Waals surface area (Å²) in [5.41, 5.74) is 3.44. The van der Waals surface area contributed by atoms with Gasteiger partial charge in [-0.3, -0.25) is 15.0 Å². The molecule has 40 heavy (non-hydrogen) atoms. The van der Waals surface area contributed by atoms with Crippen LogP contribution in [0.3, 0.4) is 0 Å². The quantitative estimate of drug-likeness (QED) is 0.301. The van der Waals surface area contributed by atoms with Crippen molar-refractivity contribution in [2.45, 2.75) is 38.0 Å². The molecule has 5 heterocycles. The number of rotatable bonds is 7. The molecule has 1 aromatic carbocycles. The summed E-state index contributed by atoms with van der Waals surface area (Å²) < 4.78 is 11.8. The molecule has 2 saturated heterocycles. The van der Waals surface area contributed by atoms with Gasteiger partial charge in [0.2, 0.25) is 0 Å². The molecule has 0 saturated carbocycles. The summed E-state index contributed by atoms with van der Waals surface area (Å²) in [6, 6.07) is 9.87. The maximum absolute atomic E-state index is 10.00. The van der Waals surface area contributed by atoms with Gasteiger partial charge in [0, 0.05) is 68.4 Å². The van der Waals surface area contributed by atoms with Crippen molar-refractivity contribution in [1.82, 2.24) is 25.1 Å². The molecular weight excluding hydrogens is 549 g/mol. The predicted octanol–water partition coefficient (Wildman–Crippen LogP) is 5.64. The monoisotopic (exact) mass is 577 g/mol. The third kappa shape index (κ3) is 4.55. The molecule has 1 N–H and O–H groups in total. The third-order valence-electron chi connectivity index (χ3n) is 8.07. The van der Waals surface area contributed by atoms with Crippen LogP contribution in [0.15, 0.2) is 42.9 Å².